The lowest BCUT2D eigenvalue weighted by molar-refractivity contribution is -0.126. The number of carbonyl (C=O) groups excluding carboxylic acids is 2. The molecule has 1 rings (SSSR count). The summed E-state index contributed by atoms with van der Waals surface area (Å²) >= 11 is 0. The quantitative estimate of drug-likeness (QED) is 0.611. The molecule has 16 heavy (non-hydrogen) atoms. The summed E-state index contributed by atoms with van der Waals surface area (Å²) in [4.78, 5) is 22.1. The predicted molar refractivity (Wildman–Crippen MR) is 61.4 cm³/mol. The van der Waals surface area contributed by atoms with Crippen LogP contribution in [0, 0.1) is 5.92 Å². The zero-order valence-electron chi connectivity index (χ0n) is 9.58. The first-order valence-electron chi connectivity index (χ1n) is 5.91. The fourth-order valence-corrected chi connectivity index (χ4v) is 2.08. The fraction of sp³-hybridized carbons (Fsp3) is 0.818. The van der Waals surface area contributed by atoms with E-state index in [2.05, 4.69) is 5.32 Å². The molecule has 5 nitrogen and oxygen atoms in total. The summed E-state index contributed by atoms with van der Waals surface area (Å²) in [5.41, 5.74) is 10.5. The highest BCUT2D eigenvalue weighted by molar-refractivity contribution is 5.87. The van der Waals surface area contributed by atoms with Crippen molar-refractivity contribution in [1.82, 2.24) is 5.32 Å². The van der Waals surface area contributed by atoms with E-state index < -0.39 is 11.9 Å². The Bertz CT molecular complexity index is 250. The zero-order valence-corrected chi connectivity index (χ0v) is 9.58. The summed E-state index contributed by atoms with van der Waals surface area (Å²) in [7, 11) is 0. The second-order valence-corrected chi connectivity index (χ2v) is 4.53. The van der Waals surface area contributed by atoms with Gasteiger partial charge in [0, 0.05) is 6.54 Å². The van der Waals surface area contributed by atoms with Crippen LogP contribution in [0.5, 0.6) is 0 Å². The maximum absolute atomic E-state index is 11.5. The Morgan fingerprint density at radius 3 is 2.44 bits per heavy atom. The Labute approximate surface area is 95.9 Å². The van der Waals surface area contributed by atoms with Gasteiger partial charge >= 0.3 is 0 Å². The van der Waals surface area contributed by atoms with Crippen molar-refractivity contribution in [2.24, 2.45) is 17.4 Å². The summed E-state index contributed by atoms with van der Waals surface area (Å²) in [5, 5.41) is 2.79. The third-order valence-electron chi connectivity index (χ3n) is 3.05. The third kappa shape index (κ3) is 4.61. The number of hydrogen-bond donors (Lipinski definition) is 3. The molecule has 0 bridgehead atoms. The van der Waals surface area contributed by atoms with Crippen LogP contribution in [0.2, 0.25) is 0 Å². The molecule has 1 atom stereocenters. The topological polar surface area (TPSA) is 98.2 Å². The van der Waals surface area contributed by atoms with E-state index in [-0.39, 0.29) is 12.3 Å². The molecule has 1 aliphatic carbocycles. The van der Waals surface area contributed by atoms with Crippen molar-refractivity contribution in [1.29, 1.82) is 0 Å². The molecule has 5 N–H and O–H groups in total. The Morgan fingerprint density at radius 2 is 1.88 bits per heavy atom. The summed E-state index contributed by atoms with van der Waals surface area (Å²) in [6.07, 6.45) is 6.04. The van der Waals surface area contributed by atoms with Crippen LogP contribution < -0.4 is 16.8 Å². The largest absolute Gasteiger partial charge is 0.370 e. The van der Waals surface area contributed by atoms with E-state index in [1.54, 1.807) is 0 Å². The van der Waals surface area contributed by atoms with Crippen LogP contribution in [0.4, 0.5) is 0 Å². The SMILES string of the molecule is NC(=O)CC(N)C(=O)NCC1CCCCC1. The van der Waals surface area contributed by atoms with Crippen molar-refractivity contribution in [3.63, 3.8) is 0 Å². The minimum atomic E-state index is -0.805. The predicted octanol–water partition coefficient (Wildman–Crippen LogP) is -0.114. The summed E-state index contributed by atoms with van der Waals surface area (Å²) in [6, 6.07) is -0.805. The van der Waals surface area contributed by atoms with Crippen molar-refractivity contribution >= 4 is 11.8 Å². The van der Waals surface area contributed by atoms with Gasteiger partial charge in [0.05, 0.1) is 12.5 Å². The zero-order chi connectivity index (χ0) is 12.0. The van der Waals surface area contributed by atoms with Crippen LogP contribution in [-0.4, -0.2) is 24.4 Å². The van der Waals surface area contributed by atoms with Gasteiger partial charge in [-0.1, -0.05) is 19.3 Å². The molecule has 1 saturated carbocycles. The van der Waals surface area contributed by atoms with Gasteiger partial charge in [-0.15, -0.1) is 0 Å². The molecule has 1 unspecified atom stereocenters. The molecule has 0 aromatic heterocycles. The van der Waals surface area contributed by atoms with E-state index in [9.17, 15) is 9.59 Å². The van der Waals surface area contributed by atoms with Crippen molar-refractivity contribution in [3.8, 4) is 0 Å². The van der Waals surface area contributed by atoms with Gasteiger partial charge in [-0.25, -0.2) is 0 Å². The van der Waals surface area contributed by atoms with E-state index in [1.807, 2.05) is 0 Å². The highest BCUT2D eigenvalue weighted by atomic mass is 16.2. The molecule has 0 radical (unpaired) electrons. The van der Waals surface area contributed by atoms with Gasteiger partial charge in [0.25, 0.3) is 0 Å². The van der Waals surface area contributed by atoms with Gasteiger partial charge in [-0.2, -0.15) is 0 Å². The van der Waals surface area contributed by atoms with E-state index in [0.717, 1.165) is 0 Å². The number of nitrogens with one attached hydrogen (secondary N) is 1. The van der Waals surface area contributed by atoms with Crippen LogP contribution in [0.15, 0.2) is 0 Å². The Morgan fingerprint density at radius 1 is 1.25 bits per heavy atom. The molecule has 0 spiro atoms. The monoisotopic (exact) mass is 227 g/mol. The van der Waals surface area contributed by atoms with Crippen molar-refractivity contribution < 1.29 is 9.59 Å². The van der Waals surface area contributed by atoms with Gasteiger partial charge < -0.3 is 16.8 Å². The lowest BCUT2D eigenvalue weighted by atomic mass is 9.89. The maximum atomic E-state index is 11.5. The minimum Gasteiger partial charge on any atom is -0.370 e. The third-order valence-corrected chi connectivity index (χ3v) is 3.05. The lowest BCUT2D eigenvalue weighted by Crippen LogP contribution is -2.44. The lowest BCUT2D eigenvalue weighted by Gasteiger charge is -2.22. The molecule has 0 aromatic carbocycles. The molecule has 1 fully saturated rings. The number of amides is 2. The molecule has 0 aliphatic heterocycles. The Kier molecular flexibility index (Phi) is 5.25. The molecule has 1 aliphatic rings. The summed E-state index contributed by atoms with van der Waals surface area (Å²) < 4.78 is 0. The minimum absolute atomic E-state index is 0.0868. The second kappa shape index (κ2) is 6.48. The number of nitrogens with two attached hydrogens (primary N) is 2. The molecule has 0 saturated heterocycles. The average molecular weight is 227 g/mol. The smallest absolute Gasteiger partial charge is 0.237 e. The van der Waals surface area contributed by atoms with Gasteiger partial charge in [0.2, 0.25) is 11.8 Å². The Hall–Kier alpha value is -1.10. The number of hydrogen-bond acceptors (Lipinski definition) is 3. The Balaban J connectivity index is 2.20. The average Bonchev–Trinajstić information content (AvgIpc) is 2.26. The van der Waals surface area contributed by atoms with Crippen LogP contribution in [0.3, 0.4) is 0 Å². The fourth-order valence-electron chi connectivity index (χ4n) is 2.08. The van der Waals surface area contributed by atoms with Crippen molar-refractivity contribution in [2.45, 2.75) is 44.6 Å². The van der Waals surface area contributed by atoms with E-state index >= 15 is 0 Å². The molecule has 0 heterocycles. The van der Waals surface area contributed by atoms with Crippen LogP contribution >= 0.6 is 0 Å². The standard InChI is InChI=1S/C11H21N3O2/c12-9(6-10(13)15)11(16)14-7-8-4-2-1-3-5-8/h8-9H,1-7,12H2,(H2,13,15)(H,14,16). The van der Waals surface area contributed by atoms with E-state index in [0.29, 0.717) is 12.5 Å². The van der Waals surface area contributed by atoms with Crippen LogP contribution in [-0.2, 0) is 9.59 Å². The van der Waals surface area contributed by atoms with E-state index in [4.69, 9.17) is 11.5 Å². The first kappa shape index (κ1) is 13.0. The molecule has 92 valence electrons. The highest BCUT2D eigenvalue weighted by Crippen LogP contribution is 2.22. The highest BCUT2D eigenvalue weighted by Gasteiger charge is 2.18. The number of rotatable bonds is 5. The molecular formula is C11H21N3O2. The van der Waals surface area contributed by atoms with Gasteiger partial charge in [-0.05, 0) is 18.8 Å². The normalized spacial score (nSPS) is 19.1. The van der Waals surface area contributed by atoms with Gasteiger partial charge in [0.1, 0.15) is 0 Å². The summed E-state index contributed by atoms with van der Waals surface area (Å²) in [6.45, 7) is 0.672. The first-order valence-corrected chi connectivity index (χ1v) is 5.91. The van der Waals surface area contributed by atoms with E-state index in [1.165, 1.54) is 32.1 Å². The molecule has 0 aromatic rings. The summed E-state index contributed by atoms with van der Waals surface area (Å²) in [5.74, 6) is -0.247. The van der Waals surface area contributed by atoms with Gasteiger partial charge in [0.15, 0.2) is 0 Å². The molecule has 5 heteroatoms. The van der Waals surface area contributed by atoms with Crippen LogP contribution in [0.25, 0.3) is 0 Å². The van der Waals surface area contributed by atoms with Gasteiger partial charge in [-0.3, -0.25) is 9.59 Å². The first-order chi connectivity index (χ1) is 7.59. The maximum Gasteiger partial charge on any atom is 0.237 e. The number of carbonyl (C=O) groups is 2. The molecular weight excluding hydrogens is 206 g/mol. The number of primary amides is 1. The van der Waals surface area contributed by atoms with Crippen LogP contribution in [0.1, 0.15) is 38.5 Å². The molecule has 2 amide bonds. The second-order valence-electron chi connectivity index (χ2n) is 4.53. The van der Waals surface area contributed by atoms with Crippen molar-refractivity contribution in [3.05, 3.63) is 0 Å². The van der Waals surface area contributed by atoms with Crippen molar-refractivity contribution in [2.75, 3.05) is 6.54 Å².